The number of hydrogen-bond acceptors (Lipinski definition) is 0. The number of allylic oxidation sites excluding steroid dienone is 4. The largest absolute Gasteiger partial charge is 0.0842 e. The summed E-state index contributed by atoms with van der Waals surface area (Å²) in [5, 5.41) is 0. The molecule has 15 heavy (non-hydrogen) atoms. The maximum absolute atomic E-state index is 2.23. The second-order valence-corrected chi connectivity index (χ2v) is 3.19. The molecule has 0 unspecified atom stereocenters. The van der Waals surface area contributed by atoms with Crippen LogP contribution in [-0.4, -0.2) is 0 Å². The zero-order chi connectivity index (χ0) is 12.9. The fourth-order valence-electron chi connectivity index (χ4n) is 1.14. The fraction of sp³-hybridized carbons (Fsp3) is 0.733. The highest BCUT2D eigenvalue weighted by molar-refractivity contribution is 5.31. The van der Waals surface area contributed by atoms with Gasteiger partial charge >= 0.3 is 0 Å². The standard InChI is InChI=1S/C11H20.2C2H6/c1-6-8-11(7-2)10(5)9(3)4;2*1-2/h7H,6,8H2,1-5H3;2*1-2H3/b11-7-;;. The zero-order valence-electron chi connectivity index (χ0n) is 12.5. The number of hydrogen-bond donors (Lipinski definition) is 0. The lowest BCUT2D eigenvalue weighted by molar-refractivity contribution is 0.904. The first-order valence-electron chi connectivity index (χ1n) is 6.43. The molecule has 0 nitrogen and oxygen atoms in total. The summed E-state index contributed by atoms with van der Waals surface area (Å²) in [4.78, 5) is 0. The van der Waals surface area contributed by atoms with E-state index in [1.54, 1.807) is 0 Å². The van der Waals surface area contributed by atoms with E-state index in [0.29, 0.717) is 0 Å². The molecule has 0 aliphatic carbocycles. The minimum Gasteiger partial charge on any atom is -0.0842 e. The van der Waals surface area contributed by atoms with Crippen LogP contribution < -0.4 is 0 Å². The first-order chi connectivity index (χ1) is 7.13. The van der Waals surface area contributed by atoms with Gasteiger partial charge in [0.05, 0.1) is 0 Å². The molecule has 0 aliphatic rings. The highest BCUT2D eigenvalue weighted by Gasteiger charge is 1.98. The van der Waals surface area contributed by atoms with Gasteiger partial charge in [0.25, 0.3) is 0 Å². The van der Waals surface area contributed by atoms with E-state index in [1.165, 1.54) is 29.6 Å². The Morgan fingerprint density at radius 3 is 1.53 bits per heavy atom. The molecule has 0 N–H and O–H groups in total. The smallest absolute Gasteiger partial charge is 0.0282 e. The zero-order valence-corrected chi connectivity index (χ0v) is 12.5. The summed E-state index contributed by atoms with van der Waals surface area (Å²) < 4.78 is 0. The van der Waals surface area contributed by atoms with Gasteiger partial charge in [0.1, 0.15) is 0 Å². The highest BCUT2D eigenvalue weighted by atomic mass is 14.0. The quantitative estimate of drug-likeness (QED) is 0.493. The molecule has 0 rings (SSSR count). The van der Waals surface area contributed by atoms with Crippen molar-refractivity contribution in [2.75, 3.05) is 0 Å². The third-order valence-electron chi connectivity index (χ3n) is 2.10. The Kier molecular flexibility index (Phi) is 21.2. The molecule has 92 valence electrons. The lowest BCUT2D eigenvalue weighted by Crippen LogP contribution is -1.87. The lowest BCUT2D eigenvalue weighted by Gasteiger charge is -2.07. The molecule has 0 aromatic carbocycles. The molecule has 0 aliphatic heterocycles. The number of rotatable bonds is 3. The Morgan fingerprint density at radius 1 is 0.933 bits per heavy atom. The van der Waals surface area contributed by atoms with Gasteiger partial charge in [-0.05, 0) is 45.3 Å². The van der Waals surface area contributed by atoms with Gasteiger partial charge < -0.3 is 0 Å². The van der Waals surface area contributed by atoms with Crippen LogP contribution >= 0.6 is 0 Å². The van der Waals surface area contributed by atoms with Crippen LogP contribution in [0.15, 0.2) is 22.8 Å². The molecular weight excluding hydrogens is 180 g/mol. The molecule has 0 amide bonds. The van der Waals surface area contributed by atoms with E-state index in [1.807, 2.05) is 27.7 Å². The van der Waals surface area contributed by atoms with Crippen molar-refractivity contribution in [2.24, 2.45) is 0 Å². The van der Waals surface area contributed by atoms with Crippen LogP contribution in [0.3, 0.4) is 0 Å². The van der Waals surface area contributed by atoms with Gasteiger partial charge in [0.2, 0.25) is 0 Å². The maximum Gasteiger partial charge on any atom is -0.0282 e. The van der Waals surface area contributed by atoms with E-state index in [0.717, 1.165) is 0 Å². The summed E-state index contributed by atoms with van der Waals surface area (Å²) in [5.41, 5.74) is 4.41. The van der Waals surface area contributed by atoms with Gasteiger partial charge in [-0.2, -0.15) is 0 Å². The van der Waals surface area contributed by atoms with Crippen molar-refractivity contribution in [3.05, 3.63) is 22.8 Å². The Bertz CT molecular complexity index is 166. The van der Waals surface area contributed by atoms with Crippen molar-refractivity contribution in [3.8, 4) is 0 Å². The van der Waals surface area contributed by atoms with Crippen LogP contribution in [0.25, 0.3) is 0 Å². The molecule has 0 aromatic heterocycles. The van der Waals surface area contributed by atoms with E-state index in [-0.39, 0.29) is 0 Å². The van der Waals surface area contributed by atoms with Crippen molar-refractivity contribution in [3.63, 3.8) is 0 Å². The molecular formula is C15H32. The van der Waals surface area contributed by atoms with Crippen LogP contribution in [0.5, 0.6) is 0 Å². The van der Waals surface area contributed by atoms with Crippen LogP contribution in [0, 0.1) is 0 Å². The van der Waals surface area contributed by atoms with E-state index in [2.05, 4.69) is 40.7 Å². The molecule has 0 radical (unpaired) electrons. The van der Waals surface area contributed by atoms with Gasteiger partial charge in [-0.15, -0.1) is 0 Å². The van der Waals surface area contributed by atoms with Gasteiger partial charge in [-0.3, -0.25) is 0 Å². The van der Waals surface area contributed by atoms with Crippen molar-refractivity contribution in [2.45, 2.75) is 75.2 Å². The summed E-state index contributed by atoms with van der Waals surface area (Å²) in [6, 6.07) is 0. The topological polar surface area (TPSA) is 0 Å². The molecule has 0 aromatic rings. The molecule has 0 spiro atoms. The second-order valence-electron chi connectivity index (χ2n) is 3.19. The Labute approximate surface area is 98.5 Å². The summed E-state index contributed by atoms with van der Waals surface area (Å²) in [7, 11) is 0. The van der Waals surface area contributed by atoms with E-state index < -0.39 is 0 Å². The molecule has 0 saturated carbocycles. The highest BCUT2D eigenvalue weighted by Crippen LogP contribution is 2.18. The van der Waals surface area contributed by atoms with Crippen molar-refractivity contribution < 1.29 is 0 Å². The second kappa shape index (κ2) is 15.9. The minimum absolute atomic E-state index is 1.22. The van der Waals surface area contributed by atoms with Crippen LogP contribution in [0.1, 0.15) is 75.2 Å². The Morgan fingerprint density at radius 2 is 1.33 bits per heavy atom. The third-order valence-corrected chi connectivity index (χ3v) is 2.10. The van der Waals surface area contributed by atoms with Crippen molar-refractivity contribution >= 4 is 0 Å². The van der Waals surface area contributed by atoms with E-state index in [9.17, 15) is 0 Å². The predicted octanol–water partition coefficient (Wildman–Crippen LogP) is 6.14. The summed E-state index contributed by atoms with van der Waals surface area (Å²) in [5.74, 6) is 0. The van der Waals surface area contributed by atoms with Crippen molar-refractivity contribution in [1.29, 1.82) is 0 Å². The molecule has 0 saturated heterocycles. The molecule has 0 heteroatoms. The fourth-order valence-corrected chi connectivity index (χ4v) is 1.14. The van der Waals surface area contributed by atoms with Gasteiger partial charge in [-0.1, -0.05) is 52.7 Å². The minimum atomic E-state index is 1.22. The molecule has 0 bridgehead atoms. The van der Waals surface area contributed by atoms with Crippen LogP contribution in [-0.2, 0) is 0 Å². The lowest BCUT2D eigenvalue weighted by atomic mass is 9.99. The average Bonchev–Trinajstić information content (AvgIpc) is 2.30. The molecule has 0 atom stereocenters. The van der Waals surface area contributed by atoms with Gasteiger partial charge in [0, 0.05) is 0 Å². The summed E-state index contributed by atoms with van der Waals surface area (Å²) >= 11 is 0. The van der Waals surface area contributed by atoms with E-state index >= 15 is 0 Å². The Balaban J connectivity index is -0.000000318. The first kappa shape index (κ1) is 20.0. The average molecular weight is 212 g/mol. The first-order valence-corrected chi connectivity index (χ1v) is 6.43. The summed E-state index contributed by atoms with van der Waals surface area (Å²) in [6.07, 6.45) is 4.68. The predicted molar refractivity (Wildman–Crippen MR) is 75.4 cm³/mol. The molecule has 0 heterocycles. The van der Waals surface area contributed by atoms with Gasteiger partial charge in [-0.25, -0.2) is 0 Å². The van der Waals surface area contributed by atoms with Gasteiger partial charge in [0.15, 0.2) is 0 Å². The Hall–Kier alpha value is -0.520. The third kappa shape index (κ3) is 11.4. The monoisotopic (exact) mass is 212 g/mol. The molecule has 0 fully saturated rings. The van der Waals surface area contributed by atoms with Crippen molar-refractivity contribution in [1.82, 2.24) is 0 Å². The summed E-state index contributed by atoms with van der Waals surface area (Å²) in [6.45, 7) is 18.9. The van der Waals surface area contributed by atoms with E-state index in [4.69, 9.17) is 0 Å². The normalized spacial score (nSPS) is 9.27. The van der Waals surface area contributed by atoms with Crippen LogP contribution in [0.2, 0.25) is 0 Å². The SMILES string of the molecule is C/C=C(/CCC)C(C)=C(C)C.CC.CC. The maximum atomic E-state index is 2.23. The van der Waals surface area contributed by atoms with Crippen LogP contribution in [0.4, 0.5) is 0 Å².